The number of carbonyl (C=O) groups is 2. The summed E-state index contributed by atoms with van der Waals surface area (Å²) in [5.41, 5.74) is 11.6. The first-order valence-electron chi connectivity index (χ1n) is 4.85. The van der Waals surface area contributed by atoms with Gasteiger partial charge in [0.05, 0.1) is 19.0 Å². The summed E-state index contributed by atoms with van der Waals surface area (Å²) >= 11 is 1.57. The Morgan fingerprint density at radius 2 is 2.25 bits per heavy atom. The number of nitrogens with one attached hydrogen (secondary N) is 1. The van der Waals surface area contributed by atoms with Gasteiger partial charge in [-0.05, 0) is 23.9 Å². The van der Waals surface area contributed by atoms with Crippen LogP contribution in [0.25, 0.3) is 0 Å². The Morgan fingerprint density at radius 1 is 1.56 bits per heavy atom. The Labute approximate surface area is 97.8 Å². The molecule has 5 N–H and O–H groups in total. The molecule has 1 heterocycles. The fourth-order valence-electron chi connectivity index (χ4n) is 1.19. The maximum atomic E-state index is 11.4. The predicted octanol–water partition coefficient (Wildman–Crippen LogP) is -0.125. The highest BCUT2D eigenvalue weighted by Crippen LogP contribution is 2.14. The lowest BCUT2D eigenvalue weighted by Crippen LogP contribution is -2.42. The number of amides is 2. The summed E-state index contributed by atoms with van der Waals surface area (Å²) in [6.07, 6.45) is -0.130. The minimum Gasteiger partial charge on any atom is -0.370 e. The normalized spacial score (nSPS) is 12.1. The van der Waals surface area contributed by atoms with Gasteiger partial charge in [0.1, 0.15) is 0 Å². The van der Waals surface area contributed by atoms with Crippen LogP contribution in [0.15, 0.2) is 11.4 Å². The number of primary amides is 1. The fraction of sp³-hybridized carbons (Fsp3) is 0.400. The molecule has 0 aliphatic heterocycles. The van der Waals surface area contributed by atoms with Crippen molar-refractivity contribution in [1.82, 2.24) is 5.32 Å². The van der Waals surface area contributed by atoms with Gasteiger partial charge in [-0.25, -0.2) is 0 Å². The van der Waals surface area contributed by atoms with E-state index in [1.807, 2.05) is 18.4 Å². The van der Waals surface area contributed by atoms with Crippen LogP contribution in [0.2, 0.25) is 0 Å². The SMILES string of the molecule is Cc1ccsc1CNC(=O)C(N)CC(N)=O. The first-order valence-corrected chi connectivity index (χ1v) is 5.73. The molecular formula is C10H15N3O2S. The first kappa shape index (κ1) is 12.7. The summed E-state index contributed by atoms with van der Waals surface area (Å²) in [5, 5.41) is 4.63. The van der Waals surface area contributed by atoms with Crippen LogP contribution in [0, 0.1) is 6.92 Å². The smallest absolute Gasteiger partial charge is 0.237 e. The van der Waals surface area contributed by atoms with Crippen LogP contribution in [0.1, 0.15) is 16.9 Å². The maximum Gasteiger partial charge on any atom is 0.237 e. The molecule has 1 aromatic rings. The van der Waals surface area contributed by atoms with E-state index in [1.54, 1.807) is 11.3 Å². The van der Waals surface area contributed by atoms with Crippen LogP contribution in [0.4, 0.5) is 0 Å². The molecule has 2 amide bonds. The second-order valence-corrected chi connectivity index (χ2v) is 4.52. The molecule has 0 aliphatic rings. The van der Waals surface area contributed by atoms with Crippen molar-refractivity contribution in [3.8, 4) is 0 Å². The van der Waals surface area contributed by atoms with Gasteiger partial charge in [-0.15, -0.1) is 11.3 Å². The van der Waals surface area contributed by atoms with E-state index >= 15 is 0 Å². The second kappa shape index (κ2) is 5.62. The average Bonchev–Trinajstić information content (AvgIpc) is 2.59. The highest BCUT2D eigenvalue weighted by atomic mass is 32.1. The molecule has 16 heavy (non-hydrogen) atoms. The molecule has 0 fully saturated rings. The molecule has 0 bridgehead atoms. The molecule has 0 radical (unpaired) electrons. The molecule has 0 spiro atoms. The number of thiophene rings is 1. The third-order valence-corrected chi connectivity index (χ3v) is 3.17. The Kier molecular flexibility index (Phi) is 4.45. The minimum absolute atomic E-state index is 0.130. The molecule has 0 saturated heterocycles. The van der Waals surface area contributed by atoms with E-state index in [-0.39, 0.29) is 12.3 Å². The first-order chi connectivity index (χ1) is 7.50. The highest BCUT2D eigenvalue weighted by molar-refractivity contribution is 7.10. The van der Waals surface area contributed by atoms with Crippen LogP contribution in [0.3, 0.4) is 0 Å². The number of hydrogen-bond donors (Lipinski definition) is 3. The van der Waals surface area contributed by atoms with Crippen LogP contribution in [-0.2, 0) is 16.1 Å². The number of hydrogen-bond acceptors (Lipinski definition) is 4. The van der Waals surface area contributed by atoms with E-state index < -0.39 is 11.9 Å². The summed E-state index contributed by atoms with van der Waals surface area (Å²) in [7, 11) is 0. The van der Waals surface area contributed by atoms with Crippen molar-refractivity contribution >= 4 is 23.2 Å². The van der Waals surface area contributed by atoms with E-state index in [9.17, 15) is 9.59 Å². The molecule has 1 atom stereocenters. The van der Waals surface area contributed by atoms with Gasteiger partial charge >= 0.3 is 0 Å². The zero-order valence-electron chi connectivity index (χ0n) is 9.03. The van der Waals surface area contributed by atoms with Crippen LogP contribution >= 0.6 is 11.3 Å². The van der Waals surface area contributed by atoms with Crippen LogP contribution in [-0.4, -0.2) is 17.9 Å². The Bertz CT molecular complexity index is 389. The summed E-state index contributed by atoms with van der Waals surface area (Å²) in [6.45, 7) is 2.41. The van der Waals surface area contributed by atoms with Gasteiger partial charge in [0, 0.05) is 4.88 Å². The highest BCUT2D eigenvalue weighted by Gasteiger charge is 2.15. The van der Waals surface area contributed by atoms with Crippen LogP contribution in [0.5, 0.6) is 0 Å². The molecule has 1 aromatic heterocycles. The minimum atomic E-state index is -0.863. The third kappa shape index (κ3) is 3.63. The number of aryl methyl sites for hydroxylation is 1. The van der Waals surface area contributed by atoms with Crippen molar-refractivity contribution in [1.29, 1.82) is 0 Å². The molecule has 5 nitrogen and oxygen atoms in total. The lowest BCUT2D eigenvalue weighted by atomic mass is 10.2. The standard InChI is InChI=1S/C10H15N3O2S/c1-6-2-3-16-8(6)5-13-10(15)7(11)4-9(12)14/h2-3,7H,4-5,11H2,1H3,(H2,12,14)(H,13,15). The van der Waals surface area contributed by atoms with Crippen molar-refractivity contribution in [3.05, 3.63) is 21.9 Å². The number of carbonyl (C=O) groups excluding carboxylic acids is 2. The molecule has 1 unspecified atom stereocenters. The van der Waals surface area contributed by atoms with Gasteiger partial charge in [-0.2, -0.15) is 0 Å². The van der Waals surface area contributed by atoms with Crippen molar-refractivity contribution in [2.24, 2.45) is 11.5 Å². The monoisotopic (exact) mass is 241 g/mol. The Balaban J connectivity index is 2.41. The summed E-state index contributed by atoms with van der Waals surface area (Å²) in [4.78, 5) is 23.1. The van der Waals surface area contributed by atoms with Crippen LogP contribution < -0.4 is 16.8 Å². The van der Waals surface area contributed by atoms with Crippen molar-refractivity contribution in [2.75, 3.05) is 0 Å². The Morgan fingerprint density at radius 3 is 2.75 bits per heavy atom. The van der Waals surface area contributed by atoms with Gasteiger partial charge in [0.15, 0.2) is 0 Å². The van der Waals surface area contributed by atoms with Crippen molar-refractivity contribution in [3.63, 3.8) is 0 Å². The summed E-state index contributed by atoms with van der Waals surface area (Å²) in [6, 6.07) is 1.12. The van der Waals surface area contributed by atoms with Crippen molar-refractivity contribution in [2.45, 2.75) is 25.9 Å². The predicted molar refractivity (Wildman–Crippen MR) is 62.7 cm³/mol. The van der Waals surface area contributed by atoms with E-state index in [4.69, 9.17) is 11.5 Å². The molecule has 6 heteroatoms. The fourth-order valence-corrected chi connectivity index (χ4v) is 2.04. The average molecular weight is 241 g/mol. The lowest BCUT2D eigenvalue weighted by Gasteiger charge is -2.10. The van der Waals surface area contributed by atoms with Gasteiger partial charge < -0.3 is 16.8 Å². The quantitative estimate of drug-likeness (QED) is 0.670. The van der Waals surface area contributed by atoms with Gasteiger partial charge in [0.25, 0.3) is 0 Å². The topological polar surface area (TPSA) is 98.2 Å². The number of rotatable bonds is 5. The maximum absolute atomic E-state index is 11.4. The van der Waals surface area contributed by atoms with E-state index in [2.05, 4.69) is 5.32 Å². The van der Waals surface area contributed by atoms with Gasteiger partial charge in [0.2, 0.25) is 11.8 Å². The molecule has 0 aromatic carbocycles. The molecule has 88 valence electrons. The molecule has 0 saturated carbocycles. The largest absolute Gasteiger partial charge is 0.370 e. The van der Waals surface area contributed by atoms with Crippen molar-refractivity contribution < 1.29 is 9.59 Å². The zero-order valence-corrected chi connectivity index (χ0v) is 9.84. The van der Waals surface area contributed by atoms with Gasteiger partial charge in [-0.3, -0.25) is 9.59 Å². The lowest BCUT2D eigenvalue weighted by molar-refractivity contribution is -0.126. The summed E-state index contributed by atoms with van der Waals surface area (Å²) < 4.78 is 0. The van der Waals surface area contributed by atoms with E-state index in [1.165, 1.54) is 0 Å². The third-order valence-electron chi connectivity index (χ3n) is 2.15. The Hall–Kier alpha value is -1.40. The van der Waals surface area contributed by atoms with E-state index in [0.717, 1.165) is 10.4 Å². The zero-order chi connectivity index (χ0) is 12.1. The van der Waals surface area contributed by atoms with E-state index in [0.29, 0.717) is 6.54 Å². The molecule has 0 aliphatic carbocycles. The van der Waals surface area contributed by atoms with Gasteiger partial charge in [-0.1, -0.05) is 0 Å². The molecule has 1 rings (SSSR count). The second-order valence-electron chi connectivity index (χ2n) is 3.52. The summed E-state index contributed by atoms with van der Waals surface area (Å²) in [5.74, 6) is -0.929. The number of nitrogens with two attached hydrogens (primary N) is 2. The molecular weight excluding hydrogens is 226 g/mol.